The van der Waals surface area contributed by atoms with Gasteiger partial charge in [0.15, 0.2) is 17.2 Å². The summed E-state index contributed by atoms with van der Waals surface area (Å²) in [5.74, 6) is 0.861. The normalized spacial score (nSPS) is 11.8. The zero-order valence-corrected chi connectivity index (χ0v) is 17.3. The van der Waals surface area contributed by atoms with Crippen molar-refractivity contribution in [3.63, 3.8) is 0 Å². The van der Waals surface area contributed by atoms with Crippen LogP contribution in [0.4, 0.5) is 19.0 Å². The van der Waals surface area contributed by atoms with E-state index in [1.165, 1.54) is 16.8 Å². The molecule has 166 valence electrons. The number of tetrazole rings is 1. The first-order chi connectivity index (χ1) is 15.9. The predicted octanol–water partition coefficient (Wildman–Crippen LogP) is 4.23. The zero-order valence-electron chi connectivity index (χ0n) is 17.3. The Balaban J connectivity index is 1.43. The van der Waals surface area contributed by atoms with Gasteiger partial charge in [-0.25, -0.2) is 10.1 Å². The number of H-pyrrole nitrogens is 1. The summed E-state index contributed by atoms with van der Waals surface area (Å²) in [6.45, 7) is 0.379. The number of fused-ring (bicyclic) bond motifs is 1. The lowest BCUT2D eigenvalue weighted by molar-refractivity contribution is -0.141. The van der Waals surface area contributed by atoms with Gasteiger partial charge in [-0.05, 0) is 27.1 Å². The number of hydrogen-bond acceptors (Lipinski definition) is 6. The van der Waals surface area contributed by atoms with E-state index in [4.69, 9.17) is 0 Å². The van der Waals surface area contributed by atoms with Crippen LogP contribution in [0.3, 0.4) is 0 Å². The lowest BCUT2D eigenvalue weighted by Gasteiger charge is -2.21. The molecule has 0 unspecified atom stereocenters. The Morgan fingerprint density at radius 2 is 1.76 bits per heavy atom. The molecule has 0 saturated carbocycles. The molecular weight excluding hydrogens is 433 g/mol. The Labute approximate surface area is 185 Å². The summed E-state index contributed by atoms with van der Waals surface area (Å²) in [6, 6.07) is 18.0. The molecule has 33 heavy (non-hydrogen) atoms. The fourth-order valence-corrected chi connectivity index (χ4v) is 3.67. The minimum atomic E-state index is -4.55. The number of aromatic amines is 1. The Bertz CT molecular complexity index is 1390. The molecular formula is C22H17F3N8. The van der Waals surface area contributed by atoms with E-state index in [1.807, 2.05) is 48.5 Å². The molecule has 11 heteroatoms. The number of alkyl halides is 3. The number of rotatable bonds is 5. The Hall–Kier alpha value is -4.28. The monoisotopic (exact) mass is 450 g/mol. The molecule has 5 rings (SSSR count). The Morgan fingerprint density at radius 1 is 1.00 bits per heavy atom. The molecule has 0 spiro atoms. The van der Waals surface area contributed by atoms with Gasteiger partial charge in [0.1, 0.15) is 5.82 Å². The average Bonchev–Trinajstić information content (AvgIpc) is 3.50. The number of benzene rings is 2. The maximum atomic E-state index is 13.3. The molecule has 1 N–H and O–H groups in total. The summed E-state index contributed by atoms with van der Waals surface area (Å²) in [5, 5.41) is 18.2. The molecule has 0 amide bonds. The minimum absolute atomic E-state index is 0.139. The van der Waals surface area contributed by atoms with Crippen molar-refractivity contribution in [2.24, 2.45) is 0 Å². The number of anilines is 1. The number of nitrogens with one attached hydrogen (secondary N) is 1. The van der Waals surface area contributed by atoms with Crippen LogP contribution in [-0.4, -0.2) is 42.3 Å². The van der Waals surface area contributed by atoms with Crippen molar-refractivity contribution >= 4 is 11.5 Å². The van der Waals surface area contributed by atoms with Gasteiger partial charge in [0, 0.05) is 31.3 Å². The topological polar surface area (TPSA) is 87.9 Å². The third-order valence-corrected chi connectivity index (χ3v) is 5.23. The highest BCUT2D eigenvalue weighted by Crippen LogP contribution is 2.32. The average molecular weight is 450 g/mol. The van der Waals surface area contributed by atoms with Crippen molar-refractivity contribution in [2.75, 3.05) is 11.9 Å². The predicted molar refractivity (Wildman–Crippen MR) is 115 cm³/mol. The minimum Gasteiger partial charge on any atom is -0.355 e. The maximum Gasteiger partial charge on any atom is 0.433 e. The van der Waals surface area contributed by atoms with Crippen LogP contribution in [-0.2, 0) is 12.7 Å². The van der Waals surface area contributed by atoms with Crippen LogP contribution in [0.1, 0.15) is 11.3 Å². The van der Waals surface area contributed by atoms with Crippen LogP contribution in [0.2, 0.25) is 0 Å². The third-order valence-electron chi connectivity index (χ3n) is 5.23. The van der Waals surface area contributed by atoms with E-state index >= 15 is 0 Å². The fourth-order valence-electron chi connectivity index (χ4n) is 3.67. The van der Waals surface area contributed by atoms with Gasteiger partial charge in [0.2, 0.25) is 0 Å². The summed E-state index contributed by atoms with van der Waals surface area (Å²) in [5.41, 5.74) is 2.90. The van der Waals surface area contributed by atoms with Crippen molar-refractivity contribution < 1.29 is 13.2 Å². The van der Waals surface area contributed by atoms with E-state index in [1.54, 1.807) is 11.9 Å². The fraction of sp³-hybridized carbons (Fsp3) is 0.136. The van der Waals surface area contributed by atoms with Gasteiger partial charge in [0.05, 0.1) is 6.20 Å². The number of aromatic nitrogens is 7. The van der Waals surface area contributed by atoms with Gasteiger partial charge in [-0.1, -0.05) is 48.5 Å². The second kappa shape index (κ2) is 8.01. The third kappa shape index (κ3) is 4.00. The Morgan fingerprint density at radius 3 is 2.45 bits per heavy atom. The zero-order chi connectivity index (χ0) is 23.0. The van der Waals surface area contributed by atoms with Gasteiger partial charge >= 0.3 is 6.18 Å². The van der Waals surface area contributed by atoms with Gasteiger partial charge in [-0.3, -0.25) is 0 Å². The molecule has 2 aromatic carbocycles. The molecule has 0 bridgehead atoms. The highest BCUT2D eigenvalue weighted by molar-refractivity contribution is 5.80. The lowest BCUT2D eigenvalue weighted by atomic mass is 9.98. The molecule has 3 aromatic heterocycles. The van der Waals surface area contributed by atoms with Crippen molar-refractivity contribution in [2.45, 2.75) is 12.7 Å². The smallest absolute Gasteiger partial charge is 0.355 e. The molecule has 0 saturated heterocycles. The van der Waals surface area contributed by atoms with Crippen LogP contribution < -0.4 is 4.90 Å². The van der Waals surface area contributed by atoms with E-state index in [-0.39, 0.29) is 5.65 Å². The van der Waals surface area contributed by atoms with Crippen molar-refractivity contribution in [1.29, 1.82) is 0 Å². The summed E-state index contributed by atoms with van der Waals surface area (Å²) < 4.78 is 41.3. The van der Waals surface area contributed by atoms with E-state index in [9.17, 15) is 13.2 Å². The number of nitrogens with zero attached hydrogens (tertiary/aromatic N) is 7. The first-order valence-electron chi connectivity index (χ1n) is 9.96. The van der Waals surface area contributed by atoms with Gasteiger partial charge in [0.25, 0.3) is 0 Å². The second-order valence-corrected chi connectivity index (χ2v) is 7.45. The lowest BCUT2D eigenvalue weighted by Crippen LogP contribution is -2.21. The van der Waals surface area contributed by atoms with Crippen LogP contribution >= 0.6 is 0 Å². The van der Waals surface area contributed by atoms with Crippen molar-refractivity contribution in [3.05, 3.63) is 78.1 Å². The Kier molecular flexibility index (Phi) is 5.00. The summed E-state index contributed by atoms with van der Waals surface area (Å²) >= 11 is 0. The molecule has 0 atom stereocenters. The molecule has 0 aliphatic heterocycles. The molecule has 0 fully saturated rings. The van der Waals surface area contributed by atoms with Crippen molar-refractivity contribution in [3.8, 4) is 22.5 Å². The summed E-state index contributed by atoms with van der Waals surface area (Å²) in [7, 11) is 1.72. The van der Waals surface area contributed by atoms with E-state index in [0.29, 0.717) is 18.2 Å². The van der Waals surface area contributed by atoms with Crippen LogP contribution in [0, 0.1) is 0 Å². The van der Waals surface area contributed by atoms with E-state index < -0.39 is 11.9 Å². The van der Waals surface area contributed by atoms with Gasteiger partial charge in [-0.2, -0.15) is 22.8 Å². The van der Waals surface area contributed by atoms with Crippen LogP contribution in [0.15, 0.2) is 66.9 Å². The van der Waals surface area contributed by atoms with Crippen molar-refractivity contribution in [1.82, 2.24) is 35.2 Å². The first-order valence-corrected chi connectivity index (χ1v) is 9.96. The standard InChI is InChI=1S/C22H17F3N8/c1-32(20-12-18(22(23,24)25)27-19-10-11-26-33(19)20)13-14-6-8-15(9-7-14)16-4-2-3-5-17(16)21-28-30-31-29-21/h2-12H,13H2,1H3,(H,28,29,30,31). The van der Waals surface area contributed by atoms with Crippen LogP contribution in [0.5, 0.6) is 0 Å². The molecule has 0 aliphatic rings. The van der Waals surface area contributed by atoms with Gasteiger partial charge < -0.3 is 4.90 Å². The molecule has 8 nitrogen and oxygen atoms in total. The number of halogens is 3. The maximum absolute atomic E-state index is 13.3. The quantitative estimate of drug-likeness (QED) is 0.431. The molecule has 3 heterocycles. The number of hydrogen-bond donors (Lipinski definition) is 1. The molecule has 0 aliphatic carbocycles. The highest BCUT2D eigenvalue weighted by Gasteiger charge is 2.34. The van der Waals surface area contributed by atoms with E-state index in [0.717, 1.165) is 28.3 Å². The highest BCUT2D eigenvalue weighted by atomic mass is 19.4. The molecule has 5 aromatic rings. The van der Waals surface area contributed by atoms with Gasteiger partial charge in [-0.15, -0.1) is 5.10 Å². The summed E-state index contributed by atoms with van der Waals surface area (Å²) in [6.07, 6.45) is -3.12. The second-order valence-electron chi connectivity index (χ2n) is 7.45. The largest absolute Gasteiger partial charge is 0.433 e. The van der Waals surface area contributed by atoms with Crippen LogP contribution in [0.25, 0.3) is 28.2 Å². The SMILES string of the molecule is CN(Cc1ccc(-c2ccccc2-c2nnn[nH]2)cc1)c1cc(C(F)(F)F)nc2ccnn12. The van der Waals surface area contributed by atoms with E-state index in [2.05, 4.69) is 30.7 Å². The first kappa shape index (κ1) is 20.6. The summed E-state index contributed by atoms with van der Waals surface area (Å²) in [4.78, 5) is 5.37. The molecule has 0 radical (unpaired) electrons.